The monoisotopic (exact) mass is 873 g/mol. The van der Waals surface area contributed by atoms with E-state index in [4.69, 9.17) is 53.5 Å². The van der Waals surface area contributed by atoms with Crippen molar-refractivity contribution in [2.24, 2.45) is 22.7 Å². The number of carbonyl (C=O) groups is 3. The first-order chi connectivity index (χ1) is 29.3. The number of hydrogen-bond donors (Lipinski definition) is 2. The van der Waals surface area contributed by atoms with Gasteiger partial charge in [0.05, 0.1) is 36.6 Å². The predicted molar refractivity (Wildman–Crippen MR) is 223 cm³/mol. The topological polar surface area (TPSA) is 184 Å². The van der Waals surface area contributed by atoms with Gasteiger partial charge in [0.15, 0.2) is 23.8 Å². The molecule has 0 radical (unpaired) electrons. The predicted octanol–water partition coefficient (Wildman–Crippen LogP) is 5.71. The first-order valence-corrected chi connectivity index (χ1v) is 23.2. The molecule has 348 valence electrons. The van der Waals surface area contributed by atoms with E-state index in [0.29, 0.717) is 77.0 Å². The van der Waals surface area contributed by atoms with Gasteiger partial charge in [0.25, 0.3) is 0 Å². The summed E-state index contributed by atoms with van der Waals surface area (Å²) in [7, 11) is 0. The Bertz CT molecular complexity index is 1710. The van der Waals surface area contributed by atoms with Crippen LogP contribution in [-0.2, 0) is 61.4 Å². The molecule has 0 aromatic carbocycles. The van der Waals surface area contributed by atoms with E-state index in [2.05, 4.69) is 5.92 Å². The van der Waals surface area contributed by atoms with E-state index < -0.39 is 120 Å². The zero-order chi connectivity index (χ0) is 44.8. The van der Waals surface area contributed by atoms with Crippen molar-refractivity contribution in [2.45, 2.75) is 224 Å². The summed E-state index contributed by atoms with van der Waals surface area (Å²) in [6.45, 7) is 11.5. The van der Waals surface area contributed by atoms with Crippen molar-refractivity contribution in [1.82, 2.24) is 0 Å². The number of aliphatic hydroxyl groups excluding tert-OH is 2. The summed E-state index contributed by atoms with van der Waals surface area (Å²) in [6.07, 6.45) is 6.19. The Morgan fingerprint density at radius 1 is 0.855 bits per heavy atom. The molecule has 0 amide bonds. The van der Waals surface area contributed by atoms with Crippen LogP contribution in [0.4, 0.5) is 0 Å². The number of rotatable bonds is 5. The first kappa shape index (κ1) is 47.4. The van der Waals surface area contributed by atoms with E-state index in [1.54, 1.807) is 6.92 Å². The summed E-state index contributed by atoms with van der Waals surface area (Å²) in [5, 5.41) is 23.6. The van der Waals surface area contributed by atoms with E-state index >= 15 is 0 Å². The standard InChI is InChI=1S/C46H70BO15/c1-10-11-13-21-38(50)54-29(4)32-18-14-12-15-19-34(48)43(6,7)36-24-22-28(3)46(57-36)40-42(52)56-33-26-31(53-30(33)5)17-16-20-35(49)44(8,9)37-25-23-27(2)45(58-37)39(41(51)55-32)59-47(60-40,61-45)62-46/h1,12,14,27-37,39-40,48-49H,11,13,15-26H2,2-9H3/q-1/b14-12-/t27-,28-,29-,30-,31-,32+,33+,34+,35-,36+,37+,39+,40+,45+,46+,47?/m1/s1. The fraction of sp³-hybridized carbons (Fsp3) is 0.848. The molecule has 7 heterocycles. The average Bonchev–Trinajstić information content (AvgIpc) is 3.84. The van der Waals surface area contributed by atoms with Crippen molar-refractivity contribution in [3.8, 4) is 12.3 Å². The molecule has 0 aliphatic carbocycles. The van der Waals surface area contributed by atoms with Crippen LogP contribution < -0.4 is 0 Å². The molecule has 6 saturated heterocycles. The molecule has 16 atom stereocenters. The van der Waals surface area contributed by atoms with Gasteiger partial charge in [0.2, 0.25) is 0 Å². The lowest BCUT2D eigenvalue weighted by atomic mass is 9.73. The molecule has 9 bridgehead atoms. The van der Waals surface area contributed by atoms with E-state index in [9.17, 15) is 24.6 Å². The minimum Gasteiger partial charge on any atom is -0.504 e. The number of allylic oxidation sites excluding steroid dienone is 1. The van der Waals surface area contributed by atoms with Crippen molar-refractivity contribution in [1.29, 1.82) is 0 Å². The lowest BCUT2D eigenvalue weighted by Crippen LogP contribution is -2.61. The molecular formula is C46H70BO15-. The van der Waals surface area contributed by atoms with Crippen LogP contribution in [0.1, 0.15) is 145 Å². The third kappa shape index (κ3) is 9.01. The number of cyclic esters (lactones) is 1. The fourth-order valence-electron chi connectivity index (χ4n) is 10.7. The summed E-state index contributed by atoms with van der Waals surface area (Å²) < 4.78 is 65.9. The molecule has 62 heavy (non-hydrogen) atoms. The molecule has 6 fully saturated rings. The van der Waals surface area contributed by atoms with Gasteiger partial charge >= 0.3 is 24.9 Å². The lowest BCUT2D eigenvalue weighted by molar-refractivity contribution is -0.311. The minimum atomic E-state index is -3.52. The summed E-state index contributed by atoms with van der Waals surface area (Å²) in [5.74, 6) is -4.39. The van der Waals surface area contributed by atoms with Crippen LogP contribution >= 0.6 is 0 Å². The van der Waals surface area contributed by atoms with Gasteiger partial charge in [-0.2, -0.15) is 0 Å². The Morgan fingerprint density at radius 2 is 1.44 bits per heavy atom. The Balaban J connectivity index is 1.34. The maximum Gasteiger partial charge on any atom is 0.536 e. The van der Waals surface area contributed by atoms with Gasteiger partial charge in [0.1, 0.15) is 18.3 Å². The van der Waals surface area contributed by atoms with Crippen LogP contribution in [0.25, 0.3) is 0 Å². The molecule has 1 unspecified atom stereocenters. The highest BCUT2D eigenvalue weighted by molar-refractivity contribution is 6.56. The summed E-state index contributed by atoms with van der Waals surface area (Å²) >= 11 is 0. The second-order valence-corrected chi connectivity index (χ2v) is 20.2. The average molecular weight is 874 g/mol. The van der Waals surface area contributed by atoms with Gasteiger partial charge in [-0.25, -0.2) is 9.59 Å². The molecular weight excluding hydrogens is 803 g/mol. The largest absolute Gasteiger partial charge is 0.536 e. The second kappa shape index (κ2) is 18.4. The zero-order valence-electron chi connectivity index (χ0n) is 37.9. The van der Waals surface area contributed by atoms with Crippen LogP contribution in [0.5, 0.6) is 0 Å². The second-order valence-electron chi connectivity index (χ2n) is 20.2. The van der Waals surface area contributed by atoms with Crippen molar-refractivity contribution >= 4 is 24.9 Å². The van der Waals surface area contributed by atoms with E-state index in [1.807, 2.05) is 60.6 Å². The number of carbonyl (C=O) groups excluding carboxylic acids is 3. The number of aliphatic hydroxyl groups is 2. The quantitative estimate of drug-likeness (QED) is 0.0855. The van der Waals surface area contributed by atoms with Gasteiger partial charge in [-0.05, 0) is 78.1 Å². The first-order valence-electron chi connectivity index (χ1n) is 23.2. The minimum absolute atomic E-state index is 0.0929. The third-order valence-corrected chi connectivity index (χ3v) is 15.2. The normalized spacial score (nSPS) is 45.5. The Morgan fingerprint density at radius 3 is 2.03 bits per heavy atom. The number of unbranched alkanes of at least 4 members (excludes halogenated alkanes) is 1. The number of hydrogen-bond acceptors (Lipinski definition) is 15. The van der Waals surface area contributed by atoms with Crippen LogP contribution in [0.2, 0.25) is 0 Å². The van der Waals surface area contributed by atoms with Gasteiger partial charge < -0.3 is 57.3 Å². The van der Waals surface area contributed by atoms with Crippen LogP contribution in [0.15, 0.2) is 12.2 Å². The van der Waals surface area contributed by atoms with Crippen molar-refractivity contribution < 1.29 is 71.6 Å². The van der Waals surface area contributed by atoms with E-state index in [1.165, 1.54) is 0 Å². The number of ether oxygens (including phenoxy) is 6. The molecule has 7 aliphatic rings. The molecule has 0 aromatic rings. The Kier molecular flexibility index (Phi) is 14.0. The molecule has 0 saturated carbocycles. The SMILES string of the molecule is C#CCCCC(=O)O[C@H](C)[C@@H]1C/C=C\CC[C@H](O)C(C)(C)[C@@H]2CC[C@@H](C)[C@]3(O2)O[B-]24O[C@@H](C(=O)O1)[C@@]1(O[C@@H](CC[C@H]1C)C(C)(C)[C@H](O)CCC[C@@H]1C[C@H](OC(=O)[C@@H]3O2)[C@@H](C)O1)O4. The smallest absolute Gasteiger partial charge is 0.504 e. The number of esters is 3. The highest BCUT2D eigenvalue weighted by atomic mass is 17.0. The highest BCUT2D eigenvalue weighted by Gasteiger charge is 2.73. The maximum absolute atomic E-state index is 15.0. The van der Waals surface area contributed by atoms with Gasteiger partial charge in [-0.1, -0.05) is 53.7 Å². The van der Waals surface area contributed by atoms with Gasteiger partial charge in [-0.15, -0.1) is 12.3 Å². The fourth-order valence-corrected chi connectivity index (χ4v) is 10.7. The molecule has 7 rings (SSSR count). The summed E-state index contributed by atoms with van der Waals surface area (Å²) in [5.41, 5.74) is -1.67. The van der Waals surface area contributed by atoms with E-state index in [-0.39, 0.29) is 18.9 Å². The molecule has 15 nitrogen and oxygen atoms in total. The van der Waals surface area contributed by atoms with Crippen molar-refractivity contribution in [3.63, 3.8) is 0 Å². The highest BCUT2D eigenvalue weighted by Crippen LogP contribution is 2.57. The van der Waals surface area contributed by atoms with Crippen LogP contribution in [0, 0.1) is 35.0 Å². The van der Waals surface area contributed by atoms with E-state index in [0.717, 1.165) is 0 Å². The Labute approximate surface area is 366 Å². The van der Waals surface area contributed by atoms with Gasteiger partial charge in [-0.3, -0.25) is 4.79 Å². The molecule has 0 aromatic heterocycles. The Hall–Kier alpha value is -2.59. The molecule has 7 aliphatic heterocycles. The van der Waals surface area contributed by atoms with Crippen LogP contribution in [-0.4, -0.2) is 114 Å². The zero-order valence-corrected chi connectivity index (χ0v) is 37.9. The summed E-state index contributed by atoms with van der Waals surface area (Å²) in [6, 6.07) is 0. The lowest BCUT2D eigenvalue weighted by Gasteiger charge is -2.52. The number of terminal acetylenes is 1. The number of fused-ring (bicyclic) bond motifs is 6. The molecule has 16 heteroatoms. The van der Waals surface area contributed by atoms with Crippen molar-refractivity contribution in [2.75, 3.05) is 0 Å². The molecule has 2 N–H and O–H groups in total. The molecule has 3 spiro atoms. The van der Waals surface area contributed by atoms with Crippen LogP contribution in [0.3, 0.4) is 0 Å². The van der Waals surface area contributed by atoms with Crippen molar-refractivity contribution in [3.05, 3.63) is 12.2 Å². The van der Waals surface area contributed by atoms with Gasteiger partial charge in [0, 0.05) is 48.3 Å². The third-order valence-electron chi connectivity index (χ3n) is 15.2. The summed E-state index contributed by atoms with van der Waals surface area (Å²) in [4.78, 5) is 42.7. The maximum atomic E-state index is 15.0.